The summed E-state index contributed by atoms with van der Waals surface area (Å²) in [7, 11) is 0. The second-order valence-electron chi connectivity index (χ2n) is 19.6. The van der Waals surface area contributed by atoms with E-state index in [2.05, 4.69) is 64.4 Å². The molecule has 3 N–H and O–H groups in total. The third-order valence-corrected chi connectivity index (χ3v) is 17.3. The lowest BCUT2D eigenvalue weighted by molar-refractivity contribution is -0.225. The van der Waals surface area contributed by atoms with Crippen molar-refractivity contribution in [1.82, 2.24) is 10.2 Å². The molecule has 0 spiro atoms. The van der Waals surface area contributed by atoms with Gasteiger partial charge in [-0.25, -0.2) is 4.79 Å². The fourth-order valence-electron chi connectivity index (χ4n) is 14.4. The molecule has 50 heavy (non-hydrogen) atoms. The van der Waals surface area contributed by atoms with Crippen molar-refractivity contribution in [2.75, 3.05) is 39.3 Å². The monoisotopic (exact) mass is 685 g/mol. The highest BCUT2D eigenvalue weighted by Gasteiger charge is 2.70. The highest BCUT2D eigenvalue weighted by molar-refractivity contribution is 5.88. The average molecular weight is 685 g/mol. The largest absolute Gasteiger partial charge is 0.478 e. The number of fused-ring (bicyclic) bond motifs is 7. The van der Waals surface area contributed by atoms with E-state index in [4.69, 9.17) is 0 Å². The van der Waals surface area contributed by atoms with Gasteiger partial charge in [-0.1, -0.05) is 65.0 Å². The number of carbonyl (C=O) groups is 1. The highest BCUT2D eigenvalue weighted by Crippen LogP contribution is 2.77. The Hall–Kier alpha value is -1.95. The van der Waals surface area contributed by atoms with Crippen molar-refractivity contribution in [3.8, 4) is 0 Å². The number of hydrogen-bond acceptors (Lipinski definition) is 4. The summed E-state index contributed by atoms with van der Waals surface area (Å²) < 4.78 is 0. The minimum Gasteiger partial charge on any atom is -0.478 e. The van der Waals surface area contributed by atoms with Crippen LogP contribution in [-0.4, -0.2) is 60.4 Å². The SMILES string of the molecule is C=C(C)[C@@H]1CC[C@]2(CNCCN3CCC(CO)CC3)CC[C@]3(C)[C@H](CC[C@@H]4[C@@]5(C)CC=C(c6ccc(C(=O)O)cc6)C(C)(C)[C@@H]5CC[C@]43C)[C@@H]12. The number of aliphatic hydroxyl groups excluding tert-OH is 1. The number of hydrogen-bond donors (Lipinski definition) is 3. The third-order valence-electron chi connectivity index (χ3n) is 17.3. The first-order valence-corrected chi connectivity index (χ1v) is 20.4. The quantitative estimate of drug-likeness (QED) is 0.179. The molecule has 5 fully saturated rings. The van der Waals surface area contributed by atoms with E-state index < -0.39 is 5.97 Å². The molecule has 1 aromatic carbocycles. The van der Waals surface area contributed by atoms with Crippen molar-refractivity contribution in [3.05, 3.63) is 53.6 Å². The van der Waals surface area contributed by atoms with E-state index in [1.807, 2.05) is 12.1 Å². The van der Waals surface area contributed by atoms with Crippen LogP contribution in [0.2, 0.25) is 0 Å². The van der Waals surface area contributed by atoms with Gasteiger partial charge in [0.25, 0.3) is 0 Å². The number of aromatic carboxylic acids is 1. The number of likely N-dealkylation sites (tertiary alicyclic amines) is 1. The Bertz CT molecular complexity index is 1470. The lowest BCUT2D eigenvalue weighted by atomic mass is 9.32. The molecule has 6 aliphatic rings. The second kappa shape index (κ2) is 13.2. The van der Waals surface area contributed by atoms with E-state index in [0.29, 0.717) is 52.1 Å². The summed E-state index contributed by atoms with van der Waals surface area (Å²) >= 11 is 0. The molecule has 4 saturated carbocycles. The summed E-state index contributed by atoms with van der Waals surface area (Å²) in [5.41, 5.74) is 5.77. The van der Waals surface area contributed by atoms with Crippen LogP contribution in [0.25, 0.3) is 5.57 Å². The number of carboxylic acids is 1. The van der Waals surface area contributed by atoms with Gasteiger partial charge in [0.2, 0.25) is 0 Å². The lowest BCUT2D eigenvalue weighted by Gasteiger charge is -2.72. The molecule has 5 nitrogen and oxygen atoms in total. The van der Waals surface area contributed by atoms with E-state index in [1.165, 1.54) is 68.1 Å². The fraction of sp³-hybridized carbons (Fsp3) is 0.756. The smallest absolute Gasteiger partial charge is 0.335 e. The Balaban J connectivity index is 1.11. The van der Waals surface area contributed by atoms with Crippen LogP contribution in [0.4, 0.5) is 0 Å². The van der Waals surface area contributed by atoms with Crippen LogP contribution in [0.3, 0.4) is 0 Å². The maximum absolute atomic E-state index is 11.6. The molecule has 1 aliphatic heterocycles. The number of allylic oxidation sites excluding steroid dienone is 3. The first kappa shape index (κ1) is 36.4. The van der Waals surface area contributed by atoms with Gasteiger partial charge in [-0.15, -0.1) is 0 Å². The maximum Gasteiger partial charge on any atom is 0.335 e. The predicted molar refractivity (Wildman–Crippen MR) is 205 cm³/mol. The van der Waals surface area contributed by atoms with Gasteiger partial charge in [0.15, 0.2) is 0 Å². The van der Waals surface area contributed by atoms with Crippen LogP contribution in [0, 0.1) is 62.6 Å². The first-order chi connectivity index (χ1) is 23.7. The van der Waals surface area contributed by atoms with Gasteiger partial charge in [-0.05, 0) is 176 Å². The standard InChI is InChI=1S/C45H68N2O3/c1-30(2)34-14-21-45(29-46-24-27-47-25-17-31(28-48)18-26-47)23-22-43(6)36(39(34)45)12-13-38-42(5)19-15-35(32-8-10-33(11-9-32)40(49)50)41(3,4)37(42)16-20-44(38,43)7/h8-11,15,31,34,36-39,46,48H,1,12-14,16-29H2,2-7H3,(H,49,50)/t34-,36+,37-,38+,39+,42-,43+,44+,45+/m0/s1. The van der Waals surface area contributed by atoms with Crippen molar-refractivity contribution in [2.24, 2.45) is 62.6 Å². The highest BCUT2D eigenvalue weighted by atomic mass is 16.4. The minimum absolute atomic E-state index is 0.0372. The molecule has 0 unspecified atom stereocenters. The van der Waals surface area contributed by atoms with Crippen molar-refractivity contribution >= 4 is 11.5 Å². The van der Waals surface area contributed by atoms with E-state index in [1.54, 1.807) is 12.1 Å². The summed E-state index contributed by atoms with van der Waals surface area (Å²) in [4.78, 5) is 14.2. The summed E-state index contributed by atoms with van der Waals surface area (Å²) in [6.07, 6.45) is 16.7. The molecule has 276 valence electrons. The van der Waals surface area contributed by atoms with Crippen molar-refractivity contribution in [2.45, 2.75) is 112 Å². The number of carboxylic acid groups (broad SMARTS) is 1. The van der Waals surface area contributed by atoms with Crippen LogP contribution < -0.4 is 5.32 Å². The second-order valence-corrected chi connectivity index (χ2v) is 19.6. The van der Waals surface area contributed by atoms with Crippen LogP contribution in [0.1, 0.15) is 128 Å². The molecule has 0 bridgehead atoms. The van der Waals surface area contributed by atoms with Crippen molar-refractivity contribution in [3.63, 3.8) is 0 Å². The molecule has 0 radical (unpaired) electrons. The van der Waals surface area contributed by atoms with E-state index >= 15 is 0 Å². The van der Waals surface area contributed by atoms with Gasteiger partial charge in [0, 0.05) is 26.2 Å². The van der Waals surface area contributed by atoms with E-state index in [9.17, 15) is 15.0 Å². The molecule has 0 aromatic heterocycles. The van der Waals surface area contributed by atoms with Crippen LogP contribution in [0.15, 0.2) is 42.5 Å². The Kier molecular flexibility index (Phi) is 9.59. The predicted octanol–water partition coefficient (Wildman–Crippen LogP) is 9.33. The summed E-state index contributed by atoms with van der Waals surface area (Å²) in [6.45, 7) is 26.1. The molecule has 1 saturated heterocycles. The molecule has 5 aliphatic carbocycles. The Labute approximate surface area is 303 Å². The number of nitrogens with one attached hydrogen (secondary N) is 1. The van der Waals surface area contributed by atoms with Gasteiger partial charge in [-0.3, -0.25) is 0 Å². The molecule has 0 amide bonds. The van der Waals surface area contributed by atoms with Gasteiger partial charge in [0.05, 0.1) is 5.56 Å². The number of benzene rings is 1. The maximum atomic E-state index is 11.6. The topological polar surface area (TPSA) is 72.8 Å². The lowest BCUT2D eigenvalue weighted by Crippen LogP contribution is -2.65. The summed E-state index contributed by atoms with van der Waals surface area (Å²) in [6, 6.07) is 7.65. The molecular formula is C45H68N2O3. The Morgan fingerprint density at radius 2 is 1.62 bits per heavy atom. The zero-order valence-electron chi connectivity index (χ0n) is 32.3. The molecule has 5 heteroatoms. The zero-order valence-corrected chi connectivity index (χ0v) is 32.3. The van der Waals surface area contributed by atoms with Gasteiger partial charge >= 0.3 is 5.97 Å². The third kappa shape index (κ3) is 5.61. The molecule has 7 rings (SSSR count). The van der Waals surface area contributed by atoms with E-state index in [0.717, 1.165) is 63.8 Å². The Morgan fingerprint density at radius 1 is 0.900 bits per heavy atom. The number of nitrogens with zero attached hydrogens (tertiary/aromatic N) is 1. The Morgan fingerprint density at radius 3 is 2.28 bits per heavy atom. The number of aliphatic hydroxyl groups is 1. The molecule has 1 heterocycles. The van der Waals surface area contributed by atoms with Gasteiger partial charge in [0.1, 0.15) is 0 Å². The fourth-order valence-corrected chi connectivity index (χ4v) is 14.4. The summed E-state index contributed by atoms with van der Waals surface area (Å²) in [5.74, 6) is 3.12. The van der Waals surface area contributed by atoms with Crippen LogP contribution in [0.5, 0.6) is 0 Å². The molecule has 9 atom stereocenters. The average Bonchev–Trinajstić information content (AvgIpc) is 3.47. The number of rotatable bonds is 9. The normalized spacial score (nSPS) is 41.3. The van der Waals surface area contributed by atoms with Gasteiger partial charge in [-0.2, -0.15) is 0 Å². The van der Waals surface area contributed by atoms with E-state index in [-0.39, 0.29) is 10.8 Å². The molecular weight excluding hydrogens is 617 g/mol. The zero-order chi connectivity index (χ0) is 35.7. The minimum atomic E-state index is -0.855. The first-order valence-electron chi connectivity index (χ1n) is 20.4. The summed E-state index contributed by atoms with van der Waals surface area (Å²) in [5, 5.41) is 23.1. The van der Waals surface area contributed by atoms with Crippen molar-refractivity contribution in [1.29, 1.82) is 0 Å². The van der Waals surface area contributed by atoms with Crippen LogP contribution >= 0.6 is 0 Å². The molecule has 1 aromatic rings. The van der Waals surface area contributed by atoms with Crippen LogP contribution in [-0.2, 0) is 0 Å². The van der Waals surface area contributed by atoms with Gasteiger partial charge < -0.3 is 20.4 Å². The van der Waals surface area contributed by atoms with Crippen molar-refractivity contribution < 1.29 is 15.0 Å². The number of piperidine rings is 1.